The van der Waals surface area contributed by atoms with Gasteiger partial charge in [-0.05, 0) is 17.7 Å². The Labute approximate surface area is 115 Å². The normalized spacial score (nSPS) is 10.0. The van der Waals surface area contributed by atoms with Crippen molar-refractivity contribution in [3.05, 3.63) is 47.3 Å². The van der Waals surface area contributed by atoms with Crippen molar-refractivity contribution in [1.82, 2.24) is 0 Å². The Bertz CT molecular complexity index is 544. The van der Waals surface area contributed by atoms with Crippen LogP contribution in [0.15, 0.2) is 52.7 Å². The second-order valence-electron chi connectivity index (χ2n) is 3.34. The van der Waals surface area contributed by atoms with E-state index in [9.17, 15) is 0 Å². The van der Waals surface area contributed by atoms with Gasteiger partial charge in [-0.3, -0.25) is 0 Å². The molecule has 0 fully saturated rings. The van der Waals surface area contributed by atoms with E-state index in [1.165, 1.54) is 10.4 Å². The van der Waals surface area contributed by atoms with Gasteiger partial charge >= 0.3 is 0 Å². The predicted octanol–water partition coefficient (Wildman–Crippen LogP) is 2.44. The lowest BCUT2D eigenvalue weighted by atomic mass is 10.2. The van der Waals surface area contributed by atoms with E-state index in [-0.39, 0.29) is 18.4 Å². The van der Waals surface area contributed by atoms with Crippen molar-refractivity contribution in [1.29, 1.82) is 0 Å². The molecule has 1 aromatic heterocycles. The van der Waals surface area contributed by atoms with Crippen LogP contribution < -0.4 is 11.5 Å². The first-order valence-electron chi connectivity index (χ1n) is 5.03. The minimum atomic E-state index is -0.0407. The maximum atomic E-state index is 5.17. The molecule has 1 aromatic carbocycles. The molecule has 2 aromatic rings. The van der Waals surface area contributed by atoms with E-state index >= 15 is 0 Å². The van der Waals surface area contributed by atoms with Crippen molar-refractivity contribution in [3.63, 3.8) is 0 Å². The van der Waals surface area contributed by atoms with Gasteiger partial charge in [-0.15, -0.1) is 28.8 Å². The summed E-state index contributed by atoms with van der Waals surface area (Å²) in [6.07, 6.45) is 1.64. The molecule has 6 heteroatoms. The summed E-state index contributed by atoms with van der Waals surface area (Å²) in [4.78, 5) is 2.20. The van der Waals surface area contributed by atoms with Crippen LogP contribution in [0.4, 0.5) is 0 Å². The van der Waals surface area contributed by atoms with Crippen LogP contribution in [-0.2, 0) is 0 Å². The highest BCUT2D eigenvalue weighted by molar-refractivity contribution is 7.17. The van der Waals surface area contributed by atoms with Crippen molar-refractivity contribution < 1.29 is 0 Å². The van der Waals surface area contributed by atoms with E-state index in [0.717, 1.165) is 4.88 Å². The highest BCUT2D eigenvalue weighted by Crippen LogP contribution is 2.26. The third kappa shape index (κ3) is 3.87. The molecule has 18 heavy (non-hydrogen) atoms. The third-order valence-electron chi connectivity index (χ3n) is 2.04. The molecule has 0 radical (unpaired) electrons. The number of thiophene rings is 1. The van der Waals surface area contributed by atoms with Gasteiger partial charge in [-0.2, -0.15) is 5.10 Å². The lowest BCUT2D eigenvalue weighted by Crippen LogP contribution is -2.21. The molecule has 0 aliphatic rings. The molecule has 1 heterocycles. The van der Waals surface area contributed by atoms with Crippen molar-refractivity contribution >= 4 is 35.9 Å². The van der Waals surface area contributed by atoms with Crippen LogP contribution in [0.5, 0.6) is 0 Å². The Morgan fingerprint density at radius 1 is 1.06 bits per heavy atom. The van der Waals surface area contributed by atoms with E-state index in [2.05, 4.69) is 28.4 Å². The zero-order valence-corrected chi connectivity index (χ0v) is 11.1. The first kappa shape index (κ1) is 14.2. The molecule has 4 N–H and O–H groups in total. The number of hydrogen-bond acceptors (Lipinski definition) is 3. The van der Waals surface area contributed by atoms with Gasteiger partial charge in [0.05, 0.1) is 6.21 Å². The number of benzene rings is 1. The van der Waals surface area contributed by atoms with Crippen molar-refractivity contribution in [2.75, 3.05) is 0 Å². The molecule has 0 saturated carbocycles. The average Bonchev–Trinajstić information content (AvgIpc) is 2.78. The number of halogens is 1. The van der Waals surface area contributed by atoms with E-state index in [1.807, 2.05) is 24.3 Å². The van der Waals surface area contributed by atoms with Gasteiger partial charge in [0.1, 0.15) is 0 Å². The summed E-state index contributed by atoms with van der Waals surface area (Å²) in [5, 5.41) is 7.32. The maximum absolute atomic E-state index is 5.17. The number of nitrogens with zero attached hydrogens (tertiary/aromatic N) is 2. The number of rotatable bonds is 3. The van der Waals surface area contributed by atoms with Gasteiger partial charge in [0.2, 0.25) is 5.96 Å². The number of nitrogens with two attached hydrogens (primary N) is 2. The fourth-order valence-corrected chi connectivity index (χ4v) is 2.21. The molecule has 94 valence electrons. The predicted molar refractivity (Wildman–Crippen MR) is 80.4 cm³/mol. The second-order valence-corrected chi connectivity index (χ2v) is 4.45. The van der Waals surface area contributed by atoms with E-state index in [1.54, 1.807) is 17.6 Å². The fourth-order valence-electron chi connectivity index (χ4n) is 1.33. The van der Waals surface area contributed by atoms with Crippen LogP contribution in [0, 0.1) is 0 Å². The second kappa shape index (κ2) is 6.78. The van der Waals surface area contributed by atoms with Crippen molar-refractivity contribution in [2.24, 2.45) is 21.7 Å². The molecule has 0 spiro atoms. The summed E-state index contributed by atoms with van der Waals surface area (Å²) < 4.78 is 0. The minimum Gasteiger partial charge on any atom is -0.369 e. The van der Waals surface area contributed by atoms with Crippen LogP contribution >= 0.6 is 23.7 Å². The van der Waals surface area contributed by atoms with Crippen LogP contribution in [0.1, 0.15) is 4.88 Å². The van der Waals surface area contributed by atoms with Gasteiger partial charge in [0.25, 0.3) is 0 Å². The van der Waals surface area contributed by atoms with Crippen LogP contribution in [0.2, 0.25) is 0 Å². The van der Waals surface area contributed by atoms with Crippen LogP contribution in [0.3, 0.4) is 0 Å². The molecule has 0 saturated heterocycles. The largest absolute Gasteiger partial charge is 0.369 e. The monoisotopic (exact) mass is 280 g/mol. The Balaban J connectivity index is 0.00000162. The van der Waals surface area contributed by atoms with E-state index in [4.69, 9.17) is 11.5 Å². The highest BCUT2D eigenvalue weighted by Gasteiger charge is 2.00. The zero-order valence-electron chi connectivity index (χ0n) is 9.48. The molecule has 2 rings (SSSR count). The first-order chi connectivity index (χ1) is 8.25. The van der Waals surface area contributed by atoms with Gasteiger partial charge in [0, 0.05) is 9.75 Å². The van der Waals surface area contributed by atoms with Gasteiger partial charge in [-0.25, -0.2) is 0 Å². The summed E-state index contributed by atoms with van der Waals surface area (Å²) in [6.45, 7) is 0. The van der Waals surface area contributed by atoms with Gasteiger partial charge in [0.15, 0.2) is 0 Å². The molecular weight excluding hydrogens is 268 g/mol. The van der Waals surface area contributed by atoms with Crippen molar-refractivity contribution in [2.45, 2.75) is 0 Å². The fraction of sp³-hybridized carbons (Fsp3) is 0. The van der Waals surface area contributed by atoms with Crippen LogP contribution in [-0.4, -0.2) is 12.2 Å². The lowest BCUT2D eigenvalue weighted by molar-refractivity contribution is 1.22. The molecule has 0 atom stereocenters. The zero-order chi connectivity index (χ0) is 12.1. The molecule has 0 bridgehead atoms. The maximum Gasteiger partial charge on any atom is 0.211 e. The Morgan fingerprint density at radius 3 is 2.44 bits per heavy atom. The Kier molecular flexibility index (Phi) is 5.35. The smallest absolute Gasteiger partial charge is 0.211 e. The standard InChI is InChI=1S/C12H12N4S.ClH/c13-12(14)16-15-8-10-6-7-11(17-10)9-4-2-1-3-5-9;/h1-8H,(H4,13,14,16);1H/b15-8+;. The van der Waals surface area contributed by atoms with E-state index in [0.29, 0.717) is 0 Å². The summed E-state index contributed by atoms with van der Waals surface area (Å²) >= 11 is 1.64. The topological polar surface area (TPSA) is 76.8 Å². The number of guanidine groups is 1. The molecule has 0 unspecified atom stereocenters. The first-order valence-corrected chi connectivity index (χ1v) is 5.84. The Morgan fingerprint density at radius 2 is 1.78 bits per heavy atom. The summed E-state index contributed by atoms with van der Waals surface area (Å²) in [7, 11) is 0. The SMILES string of the molecule is Cl.NC(N)=N/N=C/c1ccc(-c2ccccc2)s1. The quantitative estimate of drug-likeness (QED) is 0.515. The van der Waals surface area contributed by atoms with E-state index < -0.39 is 0 Å². The number of hydrogen-bond donors (Lipinski definition) is 2. The molecule has 0 aliphatic heterocycles. The Hall–Kier alpha value is -1.85. The van der Waals surface area contributed by atoms with Crippen LogP contribution in [0.25, 0.3) is 10.4 Å². The summed E-state index contributed by atoms with van der Waals surface area (Å²) in [6, 6.07) is 14.2. The van der Waals surface area contributed by atoms with Gasteiger partial charge < -0.3 is 11.5 Å². The summed E-state index contributed by atoms with van der Waals surface area (Å²) in [5.74, 6) is -0.0407. The average molecular weight is 281 g/mol. The lowest BCUT2D eigenvalue weighted by Gasteiger charge is -1.93. The molecule has 0 aliphatic carbocycles. The molecular formula is C12H13ClN4S. The van der Waals surface area contributed by atoms with Gasteiger partial charge in [-0.1, -0.05) is 30.3 Å². The third-order valence-corrected chi connectivity index (χ3v) is 3.11. The summed E-state index contributed by atoms with van der Waals surface area (Å²) in [5.41, 5.74) is 11.5. The minimum absolute atomic E-state index is 0. The highest BCUT2D eigenvalue weighted by atomic mass is 35.5. The molecule has 0 amide bonds. The molecule has 4 nitrogen and oxygen atoms in total. The van der Waals surface area contributed by atoms with Crippen molar-refractivity contribution in [3.8, 4) is 10.4 Å².